The molecule has 1 heteroatoms. The first-order valence-corrected chi connectivity index (χ1v) is 5.83. The van der Waals surface area contributed by atoms with Crippen LogP contribution in [0.2, 0.25) is 0 Å². The van der Waals surface area contributed by atoms with Crippen molar-refractivity contribution in [3.05, 3.63) is 35.9 Å². The summed E-state index contributed by atoms with van der Waals surface area (Å²) in [5.74, 6) is 2.55. The Bertz CT molecular complexity index is 310. The van der Waals surface area contributed by atoms with Gasteiger partial charge in [-0.1, -0.05) is 30.3 Å². The minimum Gasteiger partial charge on any atom is -0.295 e. The SMILES string of the molecule is C1CC2CCC12.CC(=O)c1ccccc1. The normalized spacial score (nSPS) is 26.2. The maximum atomic E-state index is 10.6. The molecule has 15 heavy (non-hydrogen) atoms. The lowest BCUT2D eigenvalue weighted by Crippen LogP contribution is -2.34. The van der Waals surface area contributed by atoms with Crippen LogP contribution in [0.15, 0.2) is 30.3 Å². The molecule has 3 rings (SSSR count). The molecule has 80 valence electrons. The highest BCUT2D eigenvalue weighted by Gasteiger charge is 2.37. The average molecular weight is 202 g/mol. The van der Waals surface area contributed by atoms with E-state index in [1.807, 2.05) is 30.3 Å². The third-order valence-electron chi connectivity index (χ3n) is 3.66. The summed E-state index contributed by atoms with van der Waals surface area (Å²) in [5.41, 5.74) is 0.775. The van der Waals surface area contributed by atoms with Gasteiger partial charge in [0.2, 0.25) is 0 Å². The number of fused-ring (bicyclic) bond motifs is 1. The minimum atomic E-state index is 0.121. The van der Waals surface area contributed by atoms with Gasteiger partial charge in [0, 0.05) is 5.56 Å². The second-order valence-electron chi connectivity index (χ2n) is 4.60. The largest absolute Gasteiger partial charge is 0.295 e. The Hall–Kier alpha value is -1.11. The van der Waals surface area contributed by atoms with Crippen LogP contribution in [0.5, 0.6) is 0 Å². The van der Waals surface area contributed by atoms with E-state index in [-0.39, 0.29) is 5.78 Å². The molecule has 1 nitrogen and oxygen atoms in total. The second kappa shape index (κ2) is 4.61. The second-order valence-corrected chi connectivity index (χ2v) is 4.60. The highest BCUT2D eigenvalue weighted by molar-refractivity contribution is 5.93. The molecule has 0 spiro atoms. The topological polar surface area (TPSA) is 17.1 Å². The summed E-state index contributed by atoms with van der Waals surface area (Å²) in [7, 11) is 0. The van der Waals surface area contributed by atoms with E-state index < -0.39 is 0 Å². The van der Waals surface area contributed by atoms with Gasteiger partial charge in [0.15, 0.2) is 5.78 Å². The summed E-state index contributed by atoms with van der Waals surface area (Å²) in [6.45, 7) is 1.56. The van der Waals surface area contributed by atoms with Crippen molar-refractivity contribution in [2.24, 2.45) is 11.8 Å². The summed E-state index contributed by atoms with van der Waals surface area (Å²) in [6, 6.07) is 9.23. The van der Waals surface area contributed by atoms with E-state index in [1.165, 1.54) is 11.8 Å². The number of rotatable bonds is 1. The molecule has 0 N–H and O–H groups in total. The molecule has 2 saturated carbocycles. The molecule has 0 atom stereocenters. The lowest BCUT2D eigenvalue weighted by Gasteiger charge is -2.46. The Balaban J connectivity index is 0.000000121. The lowest BCUT2D eigenvalue weighted by atomic mass is 9.60. The number of carbonyl (C=O) groups excluding carboxylic acids is 1. The van der Waals surface area contributed by atoms with E-state index in [0.29, 0.717) is 0 Å². The van der Waals surface area contributed by atoms with Gasteiger partial charge in [0.05, 0.1) is 0 Å². The average Bonchev–Trinajstić information content (AvgIpc) is 2.25. The van der Waals surface area contributed by atoms with Crippen molar-refractivity contribution in [1.29, 1.82) is 0 Å². The van der Waals surface area contributed by atoms with Gasteiger partial charge in [-0.2, -0.15) is 0 Å². The van der Waals surface area contributed by atoms with Crippen molar-refractivity contribution in [3.63, 3.8) is 0 Å². The maximum absolute atomic E-state index is 10.6. The van der Waals surface area contributed by atoms with Crippen molar-refractivity contribution >= 4 is 5.78 Å². The Kier molecular flexibility index (Phi) is 3.20. The number of ketones is 1. The molecule has 0 amide bonds. The molecule has 0 unspecified atom stereocenters. The molecule has 0 saturated heterocycles. The van der Waals surface area contributed by atoms with Gasteiger partial charge < -0.3 is 0 Å². The number of carbonyl (C=O) groups is 1. The van der Waals surface area contributed by atoms with E-state index in [0.717, 1.165) is 5.56 Å². The zero-order valence-electron chi connectivity index (χ0n) is 9.28. The Labute approximate surface area is 91.5 Å². The molecule has 2 aliphatic rings. The van der Waals surface area contributed by atoms with E-state index >= 15 is 0 Å². The molecule has 2 fully saturated rings. The molecular weight excluding hydrogens is 184 g/mol. The third-order valence-corrected chi connectivity index (χ3v) is 3.66. The quantitative estimate of drug-likeness (QED) is 0.635. The lowest BCUT2D eigenvalue weighted by molar-refractivity contribution is 0.0548. The molecule has 2 aliphatic carbocycles. The zero-order valence-corrected chi connectivity index (χ0v) is 9.28. The van der Waals surface area contributed by atoms with Crippen LogP contribution in [0, 0.1) is 11.8 Å². The molecular formula is C14H18O. The van der Waals surface area contributed by atoms with Crippen LogP contribution < -0.4 is 0 Å². The van der Waals surface area contributed by atoms with Crippen LogP contribution in [0.4, 0.5) is 0 Å². The van der Waals surface area contributed by atoms with Gasteiger partial charge in [-0.3, -0.25) is 4.79 Å². The van der Waals surface area contributed by atoms with Crippen LogP contribution in [0.1, 0.15) is 43.0 Å². The maximum Gasteiger partial charge on any atom is 0.159 e. The smallest absolute Gasteiger partial charge is 0.159 e. The van der Waals surface area contributed by atoms with Crippen molar-refractivity contribution in [2.45, 2.75) is 32.6 Å². The van der Waals surface area contributed by atoms with E-state index in [2.05, 4.69) is 0 Å². The minimum absolute atomic E-state index is 0.121. The summed E-state index contributed by atoms with van der Waals surface area (Å²) >= 11 is 0. The zero-order chi connectivity index (χ0) is 10.7. The van der Waals surface area contributed by atoms with Gasteiger partial charge in [0.1, 0.15) is 0 Å². The first kappa shape index (κ1) is 10.4. The fourth-order valence-corrected chi connectivity index (χ4v) is 2.24. The molecule has 0 aromatic heterocycles. The molecule has 0 heterocycles. The predicted octanol–water partition coefficient (Wildman–Crippen LogP) is 3.70. The van der Waals surface area contributed by atoms with E-state index in [9.17, 15) is 4.79 Å². The van der Waals surface area contributed by atoms with Crippen molar-refractivity contribution in [1.82, 2.24) is 0 Å². The Morgan fingerprint density at radius 3 is 1.67 bits per heavy atom. The van der Waals surface area contributed by atoms with Crippen molar-refractivity contribution < 1.29 is 4.79 Å². The number of benzene rings is 1. The van der Waals surface area contributed by atoms with Crippen LogP contribution in [0.3, 0.4) is 0 Å². The predicted molar refractivity (Wildman–Crippen MR) is 61.9 cm³/mol. The van der Waals surface area contributed by atoms with E-state index in [1.54, 1.807) is 32.6 Å². The monoisotopic (exact) mass is 202 g/mol. The highest BCUT2D eigenvalue weighted by Crippen LogP contribution is 2.49. The first-order valence-electron chi connectivity index (χ1n) is 5.83. The number of hydrogen-bond donors (Lipinski definition) is 0. The van der Waals surface area contributed by atoms with Crippen LogP contribution in [0.25, 0.3) is 0 Å². The van der Waals surface area contributed by atoms with Crippen LogP contribution in [-0.4, -0.2) is 5.78 Å². The molecule has 1 aromatic rings. The molecule has 0 radical (unpaired) electrons. The fourth-order valence-electron chi connectivity index (χ4n) is 2.24. The van der Waals surface area contributed by atoms with Gasteiger partial charge in [-0.05, 0) is 44.4 Å². The summed E-state index contributed by atoms with van der Waals surface area (Å²) < 4.78 is 0. The number of Topliss-reactive ketones (excluding diaryl/α,β-unsaturated/α-hetero) is 1. The van der Waals surface area contributed by atoms with Crippen LogP contribution >= 0.6 is 0 Å². The van der Waals surface area contributed by atoms with Gasteiger partial charge in [0.25, 0.3) is 0 Å². The molecule has 1 aromatic carbocycles. The Morgan fingerprint density at radius 1 is 1.00 bits per heavy atom. The molecule has 0 aliphatic heterocycles. The summed E-state index contributed by atoms with van der Waals surface area (Å²) in [4.78, 5) is 10.6. The number of hydrogen-bond acceptors (Lipinski definition) is 1. The van der Waals surface area contributed by atoms with Crippen molar-refractivity contribution in [3.8, 4) is 0 Å². The van der Waals surface area contributed by atoms with Gasteiger partial charge in [-0.25, -0.2) is 0 Å². The standard InChI is InChI=1S/C8H8O.C6H10/c1-7(9)8-5-3-2-4-6-8;1-2-6-4-3-5(1)6/h2-6H,1H3;5-6H,1-4H2. The highest BCUT2D eigenvalue weighted by atomic mass is 16.1. The van der Waals surface area contributed by atoms with Gasteiger partial charge >= 0.3 is 0 Å². The fraction of sp³-hybridized carbons (Fsp3) is 0.500. The Morgan fingerprint density at radius 2 is 1.47 bits per heavy atom. The van der Waals surface area contributed by atoms with Gasteiger partial charge in [-0.15, -0.1) is 0 Å². The first-order chi connectivity index (χ1) is 7.27. The summed E-state index contributed by atoms with van der Waals surface area (Å²) in [5, 5.41) is 0. The van der Waals surface area contributed by atoms with Crippen molar-refractivity contribution in [2.75, 3.05) is 0 Å². The molecule has 0 bridgehead atoms. The summed E-state index contributed by atoms with van der Waals surface area (Å²) in [6.07, 6.45) is 6.24. The van der Waals surface area contributed by atoms with Crippen LogP contribution in [-0.2, 0) is 0 Å². The van der Waals surface area contributed by atoms with E-state index in [4.69, 9.17) is 0 Å². The third kappa shape index (κ3) is 2.47.